The van der Waals surface area contributed by atoms with Crippen LogP contribution in [-0.2, 0) is 29.1 Å². The van der Waals surface area contributed by atoms with Crippen LogP contribution in [0.1, 0.15) is 16.7 Å². The summed E-state index contributed by atoms with van der Waals surface area (Å²) in [5.41, 5.74) is 4.15. The summed E-state index contributed by atoms with van der Waals surface area (Å²) in [6.45, 7) is 0.771. The minimum absolute atomic E-state index is 0.334. The Kier molecular flexibility index (Phi) is 6.02. The number of anilines is 1. The molecule has 34 heavy (non-hydrogen) atoms. The van der Waals surface area contributed by atoms with E-state index in [1.54, 1.807) is 25.3 Å². The molecule has 3 aromatic carbocycles. The fourth-order valence-electron chi connectivity index (χ4n) is 4.22. The van der Waals surface area contributed by atoms with Crippen LogP contribution in [0.25, 0.3) is 11.1 Å². The van der Waals surface area contributed by atoms with E-state index in [1.807, 2.05) is 47.4 Å². The highest BCUT2D eigenvalue weighted by molar-refractivity contribution is 6.31. The Morgan fingerprint density at radius 2 is 1.97 bits per heavy atom. The van der Waals surface area contributed by atoms with Gasteiger partial charge in [-0.1, -0.05) is 48.0 Å². The van der Waals surface area contributed by atoms with E-state index < -0.39 is 6.04 Å². The van der Waals surface area contributed by atoms with Gasteiger partial charge in [0.15, 0.2) is 17.1 Å². The number of hydrogen-bond donors (Lipinski definition) is 0. The summed E-state index contributed by atoms with van der Waals surface area (Å²) >= 11 is 6.10. The van der Waals surface area contributed by atoms with Crippen molar-refractivity contribution in [3.63, 3.8) is 0 Å². The van der Waals surface area contributed by atoms with Crippen LogP contribution in [0.15, 0.2) is 65.1 Å². The predicted octanol–water partition coefficient (Wildman–Crippen LogP) is 5.17. The normalized spacial score (nSPS) is 15.1. The number of esters is 1. The molecule has 0 bridgehead atoms. The van der Waals surface area contributed by atoms with Gasteiger partial charge in [-0.05, 0) is 29.3 Å². The molecule has 0 amide bonds. The lowest BCUT2D eigenvalue weighted by molar-refractivity contribution is -0.142. The number of fused-ring (bicyclic) bond motifs is 2. The molecule has 7 nitrogen and oxygen atoms in total. The topological polar surface area (TPSA) is 74.0 Å². The summed E-state index contributed by atoms with van der Waals surface area (Å²) in [6.07, 6.45) is 0.350. The Labute approximate surface area is 201 Å². The summed E-state index contributed by atoms with van der Waals surface area (Å²) in [7, 11) is 2.98. The lowest BCUT2D eigenvalue weighted by atomic mass is 9.92. The minimum atomic E-state index is -0.646. The summed E-state index contributed by atoms with van der Waals surface area (Å²) in [6, 6.07) is 18.7. The van der Waals surface area contributed by atoms with Crippen LogP contribution in [0.4, 0.5) is 6.01 Å². The van der Waals surface area contributed by atoms with E-state index >= 15 is 0 Å². The molecule has 1 aliphatic rings. The van der Waals surface area contributed by atoms with Gasteiger partial charge in [-0.3, -0.25) is 0 Å². The van der Waals surface area contributed by atoms with Crippen molar-refractivity contribution >= 4 is 34.7 Å². The second kappa shape index (κ2) is 9.27. The van der Waals surface area contributed by atoms with Crippen molar-refractivity contribution in [2.45, 2.75) is 25.6 Å². The van der Waals surface area contributed by atoms with E-state index in [0.717, 1.165) is 16.7 Å². The third kappa shape index (κ3) is 4.15. The van der Waals surface area contributed by atoms with Crippen LogP contribution < -0.4 is 14.4 Å². The number of benzene rings is 3. The largest absolute Gasteiger partial charge is 0.493 e. The van der Waals surface area contributed by atoms with Crippen LogP contribution in [0.2, 0.25) is 5.02 Å². The highest BCUT2D eigenvalue weighted by atomic mass is 35.5. The standard InChI is InChI=1S/C26H23ClN2O5/c1-31-22-11-8-17-14-29(26-28-20-10-9-18(27)12-23(20)34-26)21(25(30)32-2)13-19(17)24(22)33-15-16-6-4-3-5-7-16/h3-12,21H,13-15H2,1-2H3. The maximum atomic E-state index is 12.8. The lowest BCUT2D eigenvalue weighted by Gasteiger charge is -2.35. The molecule has 8 heteroatoms. The molecule has 1 atom stereocenters. The molecule has 0 aliphatic carbocycles. The Balaban J connectivity index is 1.53. The van der Waals surface area contributed by atoms with Crippen molar-refractivity contribution in [2.24, 2.45) is 0 Å². The third-order valence-corrected chi connectivity index (χ3v) is 6.17. The Hall–Kier alpha value is -3.71. The first-order valence-corrected chi connectivity index (χ1v) is 11.2. The fourth-order valence-corrected chi connectivity index (χ4v) is 4.38. The molecule has 0 saturated heterocycles. The van der Waals surface area contributed by atoms with Crippen LogP contribution >= 0.6 is 11.6 Å². The summed E-state index contributed by atoms with van der Waals surface area (Å²) in [4.78, 5) is 19.2. The van der Waals surface area contributed by atoms with E-state index in [9.17, 15) is 4.79 Å². The van der Waals surface area contributed by atoms with Gasteiger partial charge in [0.1, 0.15) is 18.2 Å². The number of rotatable bonds is 6. The average Bonchev–Trinajstić information content (AvgIpc) is 3.29. The van der Waals surface area contributed by atoms with Crippen molar-refractivity contribution in [1.29, 1.82) is 0 Å². The quantitative estimate of drug-likeness (QED) is 0.354. The zero-order valence-corrected chi connectivity index (χ0v) is 19.5. The Morgan fingerprint density at radius 3 is 2.74 bits per heavy atom. The molecule has 4 aromatic rings. The molecule has 1 unspecified atom stereocenters. The number of carbonyl (C=O) groups excluding carboxylic acids is 1. The third-order valence-electron chi connectivity index (χ3n) is 5.94. The summed E-state index contributed by atoms with van der Waals surface area (Å²) in [5.74, 6) is 0.854. The molecule has 0 saturated carbocycles. The van der Waals surface area contributed by atoms with Gasteiger partial charge >= 0.3 is 5.97 Å². The number of carbonyl (C=O) groups is 1. The van der Waals surface area contributed by atoms with Crippen LogP contribution in [0.5, 0.6) is 11.5 Å². The molecule has 174 valence electrons. The number of oxazole rings is 1. The number of ether oxygens (including phenoxy) is 3. The van der Waals surface area contributed by atoms with Gasteiger partial charge < -0.3 is 23.5 Å². The second-order valence-corrected chi connectivity index (χ2v) is 8.42. The predicted molar refractivity (Wildman–Crippen MR) is 128 cm³/mol. The van der Waals surface area contributed by atoms with Gasteiger partial charge in [0.2, 0.25) is 0 Å². The van der Waals surface area contributed by atoms with Crippen molar-refractivity contribution in [3.05, 3.63) is 82.4 Å². The first-order valence-electron chi connectivity index (χ1n) is 10.8. The van der Waals surface area contributed by atoms with Gasteiger partial charge in [0.05, 0.1) is 14.2 Å². The zero-order chi connectivity index (χ0) is 23.7. The van der Waals surface area contributed by atoms with Gasteiger partial charge in [-0.25, -0.2) is 4.79 Å². The molecule has 5 rings (SSSR count). The maximum Gasteiger partial charge on any atom is 0.329 e. The van der Waals surface area contributed by atoms with Crippen molar-refractivity contribution in [3.8, 4) is 11.5 Å². The smallest absolute Gasteiger partial charge is 0.329 e. The van der Waals surface area contributed by atoms with Gasteiger partial charge in [-0.15, -0.1) is 0 Å². The van der Waals surface area contributed by atoms with Crippen LogP contribution in [-0.4, -0.2) is 31.2 Å². The van der Waals surface area contributed by atoms with Gasteiger partial charge in [0.25, 0.3) is 6.01 Å². The van der Waals surface area contributed by atoms with E-state index in [-0.39, 0.29) is 5.97 Å². The maximum absolute atomic E-state index is 12.8. The molecule has 0 radical (unpaired) electrons. The Bertz CT molecular complexity index is 1340. The van der Waals surface area contributed by atoms with Crippen molar-refractivity contribution in [1.82, 2.24) is 4.98 Å². The Morgan fingerprint density at radius 1 is 1.15 bits per heavy atom. The summed E-state index contributed by atoms with van der Waals surface area (Å²) < 4.78 is 22.9. The average molecular weight is 479 g/mol. The highest BCUT2D eigenvalue weighted by Gasteiger charge is 2.37. The molecule has 2 heterocycles. The van der Waals surface area contributed by atoms with Crippen molar-refractivity contribution in [2.75, 3.05) is 19.1 Å². The molecule has 1 aliphatic heterocycles. The van der Waals surface area contributed by atoms with Crippen LogP contribution in [0, 0.1) is 0 Å². The van der Waals surface area contributed by atoms with Gasteiger partial charge in [-0.2, -0.15) is 4.98 Å². The number of nitrogens with zero attached hydrogens (tertiary/aromatic N) is 2. The minimum Gasteiger partial charge on any atom is -0.493 e. The fraction of sp³-hybridized carbons (Fsp3) is 0.231. The van der Waals surface area contributed by atoms with Gasteiger partial charge in [0, 0.05) is 29.6 Å². The molecule has 0 fully saturated rings. The molecule has 1 aromatic heterocycles. The van der Waals surface area contributed by atoms with E-state index in [2.05, 4.69) is 4.98 Å². The molecular weight excluding hydrogens is 456 g/mol. The molecule has 0 spiro atoms. The molecule has 0 N–H and O–H groups in total. The number of hydrogen-bond acceptors (Lipinski definition) is 7. The van der Waals surface area contributed by atoms with E-state index in [1.165, 1.54) is 7.11 Å². The monoisotopic (exact) mass is 478 g/mol. The van der Waals surface area contributed by atoms with E-state index in [0.29, 0.717) is 53.2 Å². The number of halogens is 1. The lowest BCUT2D eigenvalue weighted by Crippen LogP contribution is -2.46. The number of aromatic nitrogens is 1. The summed E-state index contributed by atoms with van der Waals surface area (Å²) in [5, 5.41) is 0.552. The van der Waals surface area contributed by atoms with E-state index in [4.69, 9.17) is 30.2 Å². The zero-order valence-electron chi connectivity index (χ0n) is 18.8. The highest BCUT2D eigenvalue weighted by Crippen LogP contribution is 2.40. The first-order chi connectivity index (χ1) is 16.6. The van der Waals surface area contributed by atoms with Crippen LogP contribution in [0.3, 0.4) is 0 Å². The second-order valence-electron chi connectivity index (χ2n) is 7.99. The SMILES string of the molecule is COC(=O)C1Cc2c(ccc(OC)c2OCc2ccccc2)CN1c1nc2ccc(Cl)cc2o1. The first kappa shape index (κ1) is 22.1. The van der Waals surface area contributed by atoms with Crippen molar-refractivity contribution < 1.29 is 23.4 Å². The molecular formula is C26H23ClN2O5. The number of methoxy groups -OCH3 is 2.